The number of ketones is 1. The number of hydrogen-bond donors (Lipinski definition) is 3. The van der Waals surface area contributed by atoms with Crippen LogP contribution in [0.3, 0.4) is 0 Å². The molecule has 0 unspecified atom stereocenters. The van der Waals surface area contributed by atoms with E-state index >= 15 is 4.39 Å². The number of nitrogens with zero attached hydrogens (tertiary/aromatic N) is 1. The maximum absolute atomic E-state index is 15.1. The van der Waals surface area contributed by atoms with Crippen LogP contribution in [0.15, 0.2) is 29.2 Å². The van der Waals surface area contributed by atoms with Crippen LogP contribution in [-0.4, -0.2) is 47.5 Å². The molecule has 0 fully saturated rings. The van der Waals surface area contributed by atoms with Crippen molar-refractivity contribution in [2.24, 2.45) is 0 Å². The Morgan fingerprint density at radius 1 is 1.08 bits per heavy atom. The number of ether oxygens (including phenoxy) is 2. The van der Waals surface area contributed by atoms with Gasteiger partial charge in [0.15, 0.2) is 23.1 Å². The minimum Gasteiger partial charge on any atom is -0.490 e. The highest BCUT2D eigenvalue weighted by atomic mass is 32.5. The number of amides is 1. The van der Waals surface area contributed by atoms with Gasteiger partial charge in [0.05, 0.1) is 25.3 Å². The number of anilines is 1. The van der Waals surface area contributed by atoms with Crippen molar-refractivity contribution in [1.82, 2.24) is 4.90 Å². The average Bonchev–Trinajstić information content (AvgIpc) is 3.04. The Bertz CT molecular complexity index is 1270. The van der Waals surface area contributed by atoms with Crippen LogP contribution in [0.5, 0.6) is 11.5 Å². The third kappa shape index (κ3) is 5.61. The van der Waals surface area contributed by atoms with Gasteiger partial charge in [0.1, 0.15) is 10.7 Å². The summed E-state index contributed by atoms with van der Waals surface area (Å²) in [7, 11) is -10.3. The molecule has 198 valence electrons. The molecule has 1 aliphatic rings. The van der Waals surface area contributed by atoms with Gasteiger partial charge >= 0.3 is 16.3 Å². The molecule has 3 N–H and O–H groups in total. The van der Waals surface area contributed by atoms with Crippen molar-refractivity contribution in [2.45, 2.75) is 25.3 Å². The number of halogens is 6. The number of carbonyl (C=O) groups is 2. The zero-order chi connectivity index (χ0) is 27.1. The van der Waals surface area contributed by atoms with Crippen LogP contribution in [-0.2, 0) is 6.54 Å². The molecule has 2 aromatic carbocycles. The molecule has 15 heteroatoms. The van der Waals surface area contributed by atoms with E-state index in [-0.39, 0.29) is 54.5 Å². The van der Waals surface area contributed by atoms with Gasteiger partial charge in [-0.3, -0.25) is 15.5 Å². The standard InChI is InChI=1S/C21H21F6N3O5S/c1-3-34-16-7-12-9-30(20(28)17(12)18(22)19(16)35-4-2)10-15(31)11-5-13(29-21(32)33)8-14(6-11)36(23,24,25,26)27/h5-8,28-29H,3-4,9-10H2,1-2H3,(H,32,33). The summed E-state index contributed by atoms with van der Waals surface area (Å²) in [6.45, 7) is 2.53. The van der Waals surface area contributed by atoms with Crippen LogP contribution in [0.4, 0.5) is 34.3 Å². The van der Waals surface area contributed by atoms with Crippen molar-refractivity contribution < 1.29 is 48.0 Å². The number of nitrogens with one attached hydrogen (secondary N) is 2. The predicted molar refractivity (Wildman–Crippen MR) is 120 cm³/mol. The summed E-state index contributed by atoms with van der Waals surface area (Å²) >= 11 is 0. The van der Waals surface area contributed by atoms with E-state index in [2.05, 4.69) is 0 Å². The molecule has 0 saturated carbocycles. The molecule has 0 aromatic heterocycles. The summed E-state index contributed by atoms with van der Waals surface area (Å²) in [4.78, 5) is 22.2. The topological polar surface area (TPSA) is 112 Å². The molecule has 0 aliphatic carbocycles. The lowest BCUT2D eigenvalue weighted by molar-refractivity contribution is 0.0962. The lowest BCUT2D eigenvalue weighted by Gasteiger charge is -2.40. The molecule has 1 aliphatic heterocycles. The van der Waals surface area contributed by atoms with Gasteiger partial charge in [-0.2, -0.15) is 0 Å². The molecule has 1 amide bonds. The van der Waals surface area contributed by atoms with Gasteiger partial charge in [0.25, 0.3) is 0 Å². The Morgan fingerprint density at radius 3 is 2.28 bits per heavy atom. The Labute approximate surface area is 201 Å². The first-order chi connectivity index (χ1) is 16.4. The maximum Gasteiger partial charge on any atom is 0.409 e. The molecule has 36 heavy (non-hydrogen) atoms. The van der Waals surface area contributed by atoms with Crippen LogP contribution < -0.4 is 14.8 Å². The molecule has 2 aromatic rings. The number of Topliss-reactive ketones (excluding diaryl/α,β-unsaturated/α-hetero) is 1. The van der Waals surface area contributed by atoms with Gasteiger partial charge in [-0.05, 0) is 43.7 Å². The van der Waals surface area contributed by atoms with Gasteiger partial charge in [-0.15, -0.1) is 0 Å². The lowest BCUT2D eigenvalue weighted by Crippen LogP contribution is -2.30. The van der Waals surface area contributed by atoms with Crippen molar-refractivity contribution in [3.8, 4) is 11.5 Å². The zero-order valence-electron chi connectivity index (χ0n) is 18.8. The fourth-order valence-electron chi connectivity index (χ4n) is 3.60. The van der Waals surface area contributed by atoms with Crippen LogP contribution in [0.1, 0.15) is 35.3 Å². The second kappa shape index (κ2) is 8.50. The monoisotopic (exact) mass is 541 g/mol. The Balaban J connectivity index is 1.97. The van der Waals surface area contributed by atoms with Gasteiger partial charge < -0.3 is 19.5 Å². The molecule has 8 nitrogen and oxygen atoms in total. The number of benzene rings is 2. The number of amidine groups is 1. The zero-order valence-corrected chi connectivity index (χ0v) is 19.7. The molecule has 0 atom stereocenters. The molecule has 0 bridgehead atoms. The SMILES string of the molecule is CCOc1cc2c(c(F)c1OCC)C(=N)N(CC(=O)c1cc(NC(=O)O)cc(S(F)(F)(F)(F)F)c1)C2. The molecular formula is C21H21F6N3O5S. The predicted octanol–water partition coefficient (Wildman–Crippen LogP) is 6.39. The van der Waals surface area contributed by atoms with E-state index in [4.69, 9.17) is 20.0 Å². The average molecular weight is 541 g/mol. The molecule has 1 heterocycles. The summed E-state index contributed by atoms with van der Waals surface area (Å²) in [5, 5.41) is 18.6. The van der Waals surface area contributed by atoms with Gasteiger partial charge in [-0.25, -0.2) is 9.18 Å². The van der Waals surface area contributed by atoms with Gasteiger partial charge in [0, 0.05) is 17.8 Å². The van der Waals surface area contributed by atoms with Crippen molar-refractivity contribution >= 4 is 33.6 Å². The first kappa shape index (κ1) is 27.0. The number of hydrogen-bond acceptors (Lipinski definition) is 5. The Morgan fingerprint density at radius 2 is 1.72 bits per heavy atom. The summed E-state index contributed by atoms with van der Waals surface area (Å²) in [6, 6.07) is 1.89. The lowest BCUT2D eigenvalue weighted by atomic mass is 10.1. The third-order valence-electron chi connectivity index (χ3n) is 5.03. The van der Waals surface area contributed by atoms with Crippen molar-refractivity contribution in [3.63, 3.8) is 0 Å². The van der Waals surface area contributed by atoms with E-state index in [1.807, 2.05) is 0 Å². The van der Waals surface area contributed by atoms with E-state index < -0.39 is 56.4 Å². The van der Waals surface area contributed by atoms with E-state index in [0.717, 1.165) is 4.90 Å². The van der Waals surface area contributed by atoms with E-state index in [1.165, 1.54) is 11.4 Å². The largest absolute Gasteiger partial charge is 0.490 e. The van der Waals surface area contributed by atoms with E-state index in [1.54, 1.807) is 13.8 Å². The maximum atomic E-state index is 15.1. The number of fused-ring (bicyclic) bond motifs is 1. The van der Waals surface area contributed by atoms with E-state index in [9.17, 15) is 29.0 Å². The second-order valence-corrected chi connectivity index (χ2v) is 10.1. The first-order valence-corrected chi connectivity index (χ1v) is 12.3. The molecular weight excluding hydrogens is 520 g/mol. The second-order valence-electron chi connectivity index (χ2n) is 7.69. The van der Waals surface area contributed by atoms with Crippen LogP contribution in [0.2, 0.25) is 0 Å². The highest BCUT2D eigenvalue weighted by Crippen LogP contribution is 3.02. The molecule has 0 saturated heterocycles. The fourth-order valence-corrected chi connectivity index (χ4v) is 4.30. The fraction of sp³-hybridized carbons (Fsp3) is 0.286. The van der Waals surface area contributed by atoms with E-state index in [0.29, 0.717) is 6.07 Å². The normalized spacial score (nSPS) is 15.1. The van der Waals surface area contributed by atoms with Gasteiger partial charge in [0.2, 0.25) is 0 Å². The number of carbonyl (C=O) groups excluding carboxylic acids is 1. The summed E-state index contributed by atoms with van der Waals surface area (Å²) < 4.78 is 92.8. The van der Waals surface area contributed by atoms with Crippen LogP contribution in [0, 0.1) is 11.2 Å². The summed E-state index contributed by atoms with van der Waals surface area (Å²) in [5.74, 6) is -2.73. The summed E-state index contributed by atoms with van der Waals surface area (Å²) in [5.41, 5.74) is -1.74. The molecule has 0 radical (unpaired) electrons. The highest BCUT2D eigenvalue weighted by Gasteiger charge is 2.65. The highest BCUT2D eigenvalue weighted by molar-refractivity contribution is 8.45. The quantitative estimate of drug-likeness (QED) is 0.250. The smallest absolute Gasteiger partial charge is 0.409 e. The van der Waals surface area contributed by atoms with Crippen molar-refractivity contribution in [3.05, 3.63) is 46.8 Å². The minimum absolute atomic E-state index is 0.0598. The van der Waals surface area contributed by atoms with Crippen LogP contribution >= 0.6 is 10.2 Å². The number of carboxylic acid groups (broad SMARTS) is 1. The minimum atomic E-state index is -10.3. The Kier molecular flexibility index (Phi) is 6.37. The summed E-state index contributed by atoms with van der Waals surface area (Å²) in [6.07, 6.45) is -1.84. The third-order valence-corrected chi connectivity index (χ3v) is 6.16. The van der Waals surface area contributed by atoms with Crippen molar-refractivity contribution in [2.75, 3.05) is 25.1 Å². The molecule has 3 rings (SSSR count). The Hall–Kier alpha value is -3.62. The van der Waals surface area contributed by atoms with Crippen molar-refractivity contribution in [1.29, 1.82) is 5.41 Å². The molecule has 0 spiro atoms. The van der Waals surface area contributed by atoms with Gasteiger partial charge in [-0.1, -0.05) is 19.4 Å². The van der Waals surface area contributed by atoms with Crippen LogP contribution in [0.25, 0.3) is 0 Å². The first-order valence-electron chi connectivity index (χ1n) is 10.3. The number of rotatable bonds is 9.